The van der Waals surface area contributed by atoms with Gasteiger partial charge in [-0.3, -0.25) is 0 Å². The van der Waals surface area contributed by atoms with Crippen LogP contribution < -0.4 is 4.72 Å². The van der Waals surface area contributed by atoms with Gasteiger partial charge >= 0.3 is 0 Å². The van der Waals surface area contributed by atoms with Crippen molar-refractivity contribution in [1.29, 1.82) is 0 Å². The van der Waals surface area contributed by atoms with Crippen molar-refractivity contribution in [3.63, 3.8) is 0 Å². The molecule has 0 unspecified atom stereocenters. The number of rotatable bonds is 7. The Morgan fingerprint density at radius 3 is 2.48 bits per heavy atom. The summed E-state index contributed by atoms with van der Waals surface area (Å²) in [6.45, 7) is 4.49. The Balaban J connectivity index is 1.94. The van der Waals surface area contributed by atoms with Gasteiger partial charge in [0, 0.05) is 6.20 Å². The van der Waals surface area contributed by atoms with Gasteiger partial charge in [0.25, 0.3) is 0 Å². The van der Waals surface area contributed by atoms with E-state index in [9.17, 15) is 8.42 Å². The fraction of sp³-hybridized carbons (Fsp3) is 0.333. The quantitative estimate of drug-likeness (QED) is 0.704. The van der Waals surface area contributed by atoms with Gasteiger partial charge in [-0.25, -0.2) is 23.1 Å². The molecule has 25 heavy (non-hydrogen) atoms. The van der Waals surface area contributed by atoms with E-state index in [-0.39, 0.29) is 12.3 Å². The molecule has 6 nitrogen and oxygen atoms in total. The minimum absolute atomic E-state index is 0.0456. The van der Waals surface area contributed by atoms with Gasteiger partial charge in [0.2, 0.25) is 10.0 Å². The van der Waals surface area contributed by atoms with E-state index < -0.39 is 10.0 Å². The highest BCUT2D eigenvalue weighted by Crippen LogP contribution is 2.17. The van der Waals surface area contributed by atoms with Crippen molar-refractivity contribution in [3.8, 4) is 0 Å². The number of hydrogen-bond donors (Lipinski definition) is 1. The normalized spacial score (nSPS) is 11.9. The molecule has 3 aromatic rings. The minimum atomic E-state index is -3.28. The zero-order valence-corrected chi connectivity index (χ0v) is 15.3. The second-order valence-corrected chi connectivity index (χ2v) is 7.95. The molecule has 3 rings (SSSR count). The van der Waals surface area contributed by atoms with Crippen LogP contribution in [0.5, 0.6) is 0 Å². The number of fused-ring (bicyclic) bond motifs is 1. The molecule has 0 fully saturated rings. The van der Waals surface area contributed by atoms with E-state index in [1.807, 2.05) is 16.7 Å². The third-order valence-electron chi connectivity index (χ3n) is 4.18. The van der Waals surface area contributed by atoms with Crippen molar-refractivity contribution in [3.05, 3.63) is 59.5 Å². The molecule has 7 heteroatoms. The summed E-state index contributed by atoms with van der Waals surface area (Å²) in [6, 6.07) is 12.1. The zero-order chi connectivity index (χ0) is 17.9. The molecule has 0 atom stereocenters. The van der Waals surface area contributed by atoms with Gasteiger partial charge in [-0.15, -0.1) is 0 Å². The van der Waals surface area contributed by atoms with Crippen molar-refractivity contribution in [2.45, 2.75) is 33.4 Å². The molecule has 2 aromatic heterocycles. The lowest BCUT2D eigenvalue weighted by Crippen LogP contribution is -2.26. The maximum atomic E-state index is 11.8. The highest BCUT2D eigenvalue weighted by molar-refractivity contribution is 7.89. The van der Waals surface area contributed by atoms with E-state index >= 15 is 0 Å². The monoisotopic (exact) mass is 358 g/mol. The molecule has 132 valence electrons. The maximum Gasteiger partial charge on any atom is 0.211 e. The van der Waals surface area contributed by atoms with E-state index in [4.69, 9.17) is 0 Å². The third-order valence-corrected chi connectivity index (χ3v) is 5.53. The fourth-order valence-electron chi connectivity index (χ4n) is 2.65. The van der Waals surface area contributed by atoms with Crippen molar-refractivity contribution >= 4 is 21.2 Å². The molecule has 0 radical (unpaired) electrons. The summed E-state index contributed by atoms with van der Waals surface area (Å²) in [5, 5.41) is 0. The molecule has 0 saturated heterocycles. The number of nitrogens with one attached hydrogen (secondary N) is 1. The lowest BCUT2D eigenvalue weighted by Gasteiger charge is -2.10. The molecule has 0 aliphatic rings. The van der Waals surface area contributed by atoms with Crippen LogP contribution in [0.2, 0.25) is 0 Å². The number of hydrogen-bond acceptors (Lipinski definition) is 4. The number of nitrogens with zero attached hydrogens (tertiary/aromatic N) is 3. The highest BCUT2D eigenvalue weighted by atomic mass is 32.2. The van der Waals surface area contributed by atoms with Crippen LogP contribution >= 0.6 is 0 Å². The first-order valence-corrected chi connectivity index (χ1v) is 10.0. The maximum absolute atomic E-state index is 11.8. The van der Waals surface area contributed by atoms with Crippen LogP contribution in [0.3, 0.4) is 0 Å². The predicted octanol–water partition coefficient (Wildman–Crippen LogP) is 2.48. The van der Waals surface area contributed by atoms with Crippen molar-refractivity contribution in [1.82, 2.24) is 19.3 Å². The summed E-state index contributed by atoms with van der Waals surface area (Å²) in [5.41, 5.74) is 3.93. The first kappa shape index (κ1) is 17.6. The molecular formula is C18H22N4O2S. The molecule has 0 amide bonds. The summed E-state index contributed by atoms with van der Waals surface area (Å²) < 4.78 is 28.1. The van der Waals surface area contributed by atoms with Gasteiger partial charge in [0.05, 0.1) is 18.8 Å². The summed E-state index contributed by atoms with van der Waals surface area (Å²) in [4.78, 5) is 8.97. The largest absolute Gasteiger partial charge is 0.307 e. The fourth-order valence-corrected chi connectivity index (χ4v) is 3.20. The molecule has 1 aromatic carbocycles. The molecule has 0 aliphatic heterocycles. The summed E-state index contributed by atoms with van der Waals surface area (Å²) >= 11 is 0. The lowest BCUT2D eigenvalue weighted by atomic mass is 10.1. The predicted molar refractivity (Wildman–Crippen MR) is 98.8 cm³/mol. The second-order valence-electron chi connectivity index (χ2n) is 5.85. The third kappa shape index (κ3) is 4.05. The van der Waals surface area contributed by atoms with E-state index in [1.54, 1.807) is 13.1 Å². The Bertz CT molecular complexity index is 962. The van der Waals surface area contributed by atoms with Gasteiger partial charge in [-0.1, -0.05) is 31.2 Å². The van der Waals surface area contributed by atoms with Crippen molar-refractivity contribution < 1.29 is 8.42 Å². The smallest absolute Gasteiger partial charge is 0.211 e. The Hall–Kier alpha value is -2.25. The summed E-state index contributed by atoms with van der Waals surface area (Å²) in [7, 11) is -3.28. The average Bonchev–Trinajstić information content (AvgIpc) is 2.98. The van der Waals surface area contributed by atoms with E-state index in [0.717, 1.165) is 23.1 Å². The van der Waals surface area contributed by atoms with Gasteiger partial charge in [0.15, 0.2) is 5.65 Å². The number of aryl methyl sites for hydroxylation is 1. The van der Waals surface area contributed by atoms with E-state index in [1.165, 1.54) is 5.56 Å². The number of sulfonamides is 1. The highest BCUT2D eigenvalue weighted by Gasteiger charge is 2.14. The van der Waals surface area contributed by atoms with Gasteiger partial charge < -0.3 is 4.57 Å². The summed E-state index contributed by atoms with van der Waals surface area (Å²) in [5.74, 6) is 0.703. The Kier molecular flexibility index (Phi) is 5.15. The zero-order valence-electron chi connectivity index (χ0n) is 14.4. The standard InChI is InChI=1S/C18H22N4O2S/c1-3-14-7-9-15(10-8-14)13-22-17(12-20-25(23,24)4-2)21-16-6-5-11-19-18(16)22/h5-11,20H,3-4,12-13H2,1-2H3. The molecule has 0 bridgehead atoms. The van der Waals surface area contributed by atoms with Crippen LogP contribution in [0, 0.1) is 0 Å². The van der Waals surface area contributed by atoms with E-state index in [2.05, 4.69) is 45.9 Å². The molecule has 0 saturated carbocycles. The number of benzene rings is 1. The Labute approximate surface area is 148 Å². The number of aromatic nitrogens is 3. The van der Waals surface area contributed by atoms with Crippen LogP contribution in [0.1, 0.15) is 30.8 Å². The van der Waals surface area contributed by atoms with Crippen LogP contribution in [0.25, 0.3) is 11.2 Å². The average molecular weight is 358 g/mol. The van der Waals surface area contributed by atoms with Gasteiger partial charge in [-0.05, 0) is 36.6 Å². The topological polar surface area (TPSA) is 76.9 Å². The van der Waals surface area contributed by atoms with Gasteiger partial charge in [-0.2, -0.15) is 0 Å². The van der Waals surface area contributed by atoms with Gasteiger partial charge in [0.1, 0.15) is 11.3 Å². The minimum Gasteiger partial charge on any atom is -0.307 e. The molecule has 0 spiro atoms. The molecule has 2 heterocycles. The molecule has 1 N–H and O–H groups in total. The summed E-state index contributed by atoms with van der Waals surface area (Å²) in [6.07, 6.45) is 2.72. The number of imidazole rings is 1. The Morgan fingerprint density at radius 2 is 1.80 bits per heavy atom. The van der Waals surface area contributed by atoms with Crippen molar-refractivity contribution in [2.75, 3.05) is 5.75 Å². The van der Waals surface area contributed by atoms with Crippen LogP contribution in [0.15, 0.2) is 42.6 Å². The van der Waals surface area contributed by atoms with Crippen molar-refractivity contribution in [2.24, 2.45) is 0 Å². The number of pyridine rings is 1. The van der Waals surface area contributed by atoms with E-state index in [0.29, 0.717) is 12.4 Å². The second kappa shape index (κ2) is 7.33. The SMILES string of the molecule is CCc1ccc(Cn2c(CNS(=O)(=O)CC)nc3cccnc32)cc1. The van der Waals surface area contributed by atoms with Crippen LogP contribution in [0.4, 0.5) is 0 Å². The Morgan fingerprint density at radius 1 is 1.08 bits per heavy atom. The first-order valence-electron chi connectivity index (χ1n) is 8.37. The molecule has 0 aliphatic carbocycles. The van der Waals surface area contributed by atoms with Crippen LogP contribution in [-0.2, 0) is 29.5 Å². The molecular weight excluding hydrogens is 336 g/mol. The lowest BCUT2D eigenvalue weighted by molar-refractivity contribution is 0.578. The van der Waals surface area contributed by atoms with Crippen LogP contribution in [-0.4, -0.2) is 28.7 Å². The first-order chi connectivity index (χ1) is 12.0.